The summed E-state index contributed by atoms with van der Waals surface area (Å²) in [5, 5.41) is 4.86. The second-order valence-corrected chi connectivity index (χ2v) is 7.24. The molecule has 5 nitrogen and oxygen atoms in total. The van der Waals surface area contributed by atoms with Crippen LogP contribution in [0, 0.1) is 0 Å². The summed E-state index contributed by atoms with van der Waals surface area (Å²) in [7, 11) is -3.93. The van der Waals surface area contributed by atoms with Crippen LogP contribution in [0.4, 0.5) is 0 Å². The summed E-state index contributed by atoms with van der Waals surface area (Å²) in [5.41, 5.74) is 0.812. The molecule has 0 aliphatic rings. The number of ether oxygens (including phenoxy) is 1. The van der Waals surface area contributed by atoms with Crippen molar-refractivity contribution in [2.24, 2.45) is 5.14 Å². The summed E-state index contributed by atoms with van der Waals surface area (Å²) >= 11 is 15.2. The first-order valence-electron chi connectivity index (χ1n) is 5.52. The highest BCUT2D eigenvalue weighted by Crippen LogP contribution is 2.36. The van der Waals surface area contributed by atoms with E-state index in [1.165, 1.54) is 12.1 Å². The third-order valence-corrected chi connectivity index (χ3v) is 4.84. The molecule has 0 radical (unpaired) electrons. The van der Waals surface area contributed by atoms with E-state index in [-0.39, 0.29) is 27.3 Å². The maximum atomic E-state index is 11.3. The van der Waals surface area contributed by atoms with Crippen LogP contribution in [0.3, 0.4) is 0 Å². The number of sulfonamides is 1. The summed E-state index contributed by atoms with van der Waals surface area (Å²) in [6, 6.07) is 4.48. The average molecular weight is 412 g/mol. The Morgan fingerprint density at radius 3 is 2.57 bits per heavy atom. The third-order valence-electron chi connectivity index (χ3n) is 2.47. The summed E-state index contributed by atoms with van der Waals surface area (Å²) in [5.74, 6) is 0.258. The summed E-state index contributed by atoms with van der Waals surface area (Å²) in [6.45, 7) is 0.206. The smallest absolute Gasteiger partial charge is 0.239 e. The van der Waals surface area contributed by atoms with Gasteiger partial charge in [-0.25, -0.2) is 13.6 Å². The molecule has 112 valence electrons. The van der Waals surface area contributed by atoms with E-state index < -0.39 is 10.0 Å². The Morgan fingerprint density at radius 1 is 1.24 bits per heavy atom. The van der Waals surface area contributed by atoms with Gasteiger partial charge in [0.1, 0.15) is 22.3 Å². The Bertz CT molecular complexity index is 784. The number of rotatable bonds is 4. The van der Waals surface area contributed by atoms with Crippen molar-refractivity contribution in [1.29, 1.82) is 0 Å². The number of halogens is 3. The van der Waals surface area contributed by atoms with Crippen molar-refractivity contribution >= 4 is 49.2 Å². The lowest BCUT2D eigenvalue weighted by Crippen LogP contribution is -2.13. The SMILES string of the molecule is NS(=O)(=O)c1ccc(OCc2cncc(Br)c2)c(Cl)c1Cl. The molecule has 0 spiro atoms. The average Bonchev–Trinajstić information content (AvgIpc) is 2.39. The zero-order valence-corrected chi connectivity index (χ0v) is 14.3. The van der Waals surface area contributed by atoms with Crippen LogP contribution in [0.5, 0.6) is 5.75 Å². The minimum absolute atomic E-state index is 0.00820. The van der Waals surface area contributed by atoms with Gasteiger partial charge in [0.05, 0.1) is 5.02 Å². The quantitative estimate of drug-likeness (QED) is 0.835. The van der Waals surface area contributed by atoms with E-state index in [2.05, 4.69) is 20.9 Å². The zero-order valence-electron chi connectivity index (χ0n) is 10.4. The zero-order chi connectivity index (χ0) is 15.6. The Balaban J connectivity index is 2.24. The first kappa shape index (κ1) is 16.5. The summed E-state index contributed by atoms with van der Waals surface area (Å²) in [4.78, 5) is 3.76. The highest BCUT2D eigenvalue weighted by atomic mass is 79.9. The fraction of sp³-hybridized carbons (Fsp3) is 0.0833. The predicted octanol–water partition coefficient (Wildman–Crippen LogP) is 3.38. The van der Waals surface area contributed by atoms with Gasteiger partial charge in [-0.2, -0.15) is 0 Å². The number of pyridine rings is 1. The normalized spacial score (nSPS) is 11.4. The molecule has 0 aliphatic heterocycles. The Kier molecular flexibility index (Phi) is 5.11. The van der Waals surface area contributed by atoms with Crippen LogP contribution in [0.25, 0.3) is 0 Å². The minimum atomic E-state index is -3.93. The molecule has 1 aromatic carbocycles. The van der Waals surface area contributed by atoms with E-state index in [0.29, 0.717) is 0 Å². The molecule has 0 bridgehead atoms. The van der Waals surface area contributed by atoms with Crippen LogP contribution >= 0.6 is 39.1 Å². The monoisotopic (exact) mass is 410 g/mol. The van der Waals surface area contributed by atoms with Crippen molar-refractivity contribution < 1.29 is 13.2 Å². The lowest BCUT2D eigenvalue weighted by Gasteiger charge is -2.11. The second-order valence-electron chi connectivity index (χ2n) is 4.03. The highest BCUT2D eigenvalue weighted by Gasteiger charge is 2.18. The summed E-state index contributed by atoms with van der Waals surface area (Å²) < 4.78 is 29.0. The molecule has 0 unspecified atom stereocenters. The molecule has 1 aromatic heterocycles. The van der Waals surface area contributed by atoms with Crippen molar-refractivity contribution in [3.63, 3.8) is 0 Å². The molecule has 0 fully saturated rings. The first-order valence-corrected chi connectivity index (χ1v) is 8.61. The van der Waals surface area contributed by atoms with Crippen molar-refractivity contribution in [3.05, 3.63) is 50.7 Å². The topological polar surface area (TPSA) is 82.3 Å². The van der Waals surface area contributed by atoms with Crippen molar-refractivity contribution in [3.8, 4) is 5.75 Å². The van der Waals surface area contributed by atoms with Crippen LogP contribution in [-0.2, 0) is 16.6 Å². The van der Waals surface area contributed by atoms with Crippen molar-refractivity contribution in [2.45, 2.75) is 11.5 Å². The number of nitrogens with zero attached hydrogens (tertiary/aromatic N) is 1. The Hall–Kier alpha value is -0.860. The molecule has 9 heteroatoms. The van der Waals surface area contributed by atoms with Gasteiger partial charge in [0, 0.05) is 22.4 Å². The number of nitrogens with two attached hydrogens (primary N) is 1. The number of benzene rings is 1. The number of hydrogen-bond acceptors (Lipinski definition) is 4. The number of aromatic nitrogens is 1. The van der Waals surface area contributed by atoms with Gasteiger partial charge < -0.3 is 4.74 Å². The van der Waals surface area contributed by atoms with Gasteiger partial charge in [-0.05, 0) is 34.1 Å². The van der Waals surface area contributed by atoms with E-state index >= 15 is 0 Å². The molecule has 0 atom stereocenters. The highest BCUT2D eigenvalue weighted by molar-refractivity contribution is 9.10. The molecule has 0 aliphatic carbocycles. The molecule has 0 amide bonds. The Labute approximate surface area is 140 Å². The second kappa shape index (κ2) is 6.50. The van der Waals surface area contributed by atoms with E-state index in [0.717, 1.165) is 10.0 Å². The molecule has 0 saturated heterocycles. The lowest BCUT2D eigenvalue weighted by molar-refractivity contribution is 0.305. The van der Waals surface area contributed by atoms with Gasteiger partial charge in [0.2, 0.25) is 10.0 Å². The van der Waals surface area contributed by atoms with E-state index in [1.807, 2.05) is 6.07 Å². The third kappa shape index (κ3) is 4.08. The van der Waals surface area contributed by atoms with Gasteiger partial charge in [0.15, 0.2) is 0 Å². The molecule has 0 saturated carbocycles. The molecule has 2 N–H and O–H groups in total. The van der Waals surface area contributed by atoms with Gasteiger partial charge in [-0.3, -0.25) is 4.98 Å². The Morgan fingerprint density at radius 2 is 1.95 bits per heavy atom. The molecule has 2 aromatic rings. The summed E-state index contributed by atoms with van der Waals surface area (Å²) in [6.07, 6.45) is 3.28. The fourth-order valence-corrected chi connectivity index (χ4v) is 3.32. The maximum Gasteiger partial charge on any atom is 0.239 e. The van der Waals surface area contributed by atoms with E-state index in [9.17, 15) is 8.42 Å². The fourth-order valence-electron chi connectivity index (χ4n) is 1.54. The van der Waals surface area contributed by atoms with Gasteiger partial charge >= 0.3 is 0 Å². The predicted molar refractivity (Wildman–Crippen MR) is 84.1 cm³/mol. The van der Waals surface area contributed by atoms with Gasteiger partial charge in [0.25, 0.3) is 0 Å². The van der Waals surface area contributed by atoms with E-state index in [1.54, 1.807) is 12.4 Å². The van der Waals surface area contributed by atoms with Crippen molar-refractivity contribution in [2.75, 3.05) is 0 Å². The number of primary sulfonamides is 1. The minimum Gasteiger partial charge on any atom is -0.487 e. The molecule has 21 heavy (non-hydrogen) atoms. The van der Waals surface area contributed by atoms with Crippen LogP contribution in [-0.4, -0.2) is 13.4 Å². The standard InChI is InChI=1S/C12H9BrCl2N2O3S/c13-8-3-7(4-17-5-8)6-20-9-1-2-10(21(16,18)19)12(15)11(9)14/h1-5H,6H2,(H2,16,18,19). The van der Waals surface area contributed by atoms with Crippen LogP contribution in [0.15, 0.2) is 40.0 Å². The first-order chi connectivity index (χ1) is 9.79. The molecular weight excluding hydrogens is 403 g/mol. The largest absolute Gasteiger partial charge is 0.487 e. The van der Waals surface area contributed by atoms with Gasteiger partial charge in [-0.1, -0.05) is 23.2 Å². The van der Waals surface area contributed by atoms with E-state index in [4.69, 9.17) is 33.1 Å². The lowest BCUT2D eigenvalue weighted by atomic mass is 10.3. The molecule has 1 heterocycles. The molecule has 2 rings (SSSR count). The van der Waals surface area contributed by atoms with Crippen LogP contribution in [0.2, 0.25) is 10.0 Å². The van der Waals surface area contributed by atoms with Crippen LogP contribution < -0.4 is 9.88 Å². The number of hydrogen-bond donors (Lipinski definition) is 1. The van der Waals surface area contributed by atoms with Crippen LogP contribution in [0.1, 0.15) is 5.56 Å². The van der Waals surface area contributed by atoms with Crippen molar-refractivity contribution in [1.82, 2.24) is 4.98 Å². The maximum absolute atomic E-state index is 11.3. The van der Waals surface area contributed by atoms with Gasteiger partial charge in [-0.15, -0.1) is 0 Å². The molecular formula is C12H9BrCl2N2O3S.